The van der Waals surface area contributed by atoms with E-state index in [4.69, 9.17) is 22.7 Å². The molecule has 1 fully saturated rings. The number of aliphatic hydroxyl groups excluding tert-OH is 4. The molecule has 2 aromatic rings. The maximum absolute atomic E-state index is 10.3. The van der Waals surface area contributed by atoms with Gasteiger partial charge in [0, 0.05) is 0 Å². The molecule has 6 N–H and O–H groups in total. The van der Waals surface area contributed by atoms with Gasteiger partial charge in [-0.15, -0.1) is 0 Å². The fourth-order valence-corrected chi connectivity index (χ4v) is 3.09. The summed E-state index contributed by atoms with van der Waals surface area (Å²) in [5, 5.41) is 41.3. The predicted molar refractivity (Wildman–Crippen MR) is 95.2 cm³/mol. The molecule has 1 aliphatic heterocycles. The Hall–Kier alpha value is -1.76. The SMILES string of the molecule is Nc1nc(C(O)CCCC=S)nc2c1ncn2[C@@H]1O[C@H](CO)[C@@H](O)[C@H]1O. The molecule has 3 rings (SSSR count). The summed E-state index contributed by atoms with van der Waals surface area (Å²) in [6.07, 6.45) is -2.24. The Labute approximate surface area is 154 Å². The molecule has 3 heterocycles. The monoisotopic (exact) mass is 383 g/mol. The Bertz CT molecular complexity index is 787. The molecule has 1 aliphatic rings. The number of ether oxygens (including phenoxy) is 1. The van der Waals surface area contributed by atoms with Crippen molar-refractivity contribution < 1.29 is 25.2 Å². The Kier molecular flexibility index (Phi) is 5.75. The zero-order valence-corrected chi connectivity index (χ0v) is 14.7. The molecule has 0 bridgehead atoms. The first kappa shape index (κ1) is 19.0. The van der Waals surface area contributed by atoms with Crippen molar-refractivity contribution in [2.45, 2.75) is 49.9 Å². The van der Waals surface area contributed by atoms with Crippen LogP contribution < -0.4 is 5.73 Å². The lowest BCUT2D eigenvalue weighted by Gasteiger charge is -2.17. The number of nitrogens with zero attached hydrogens (tertiary/aromatic N) is 4. The largest absolute Gasteiger partial charge is 0.394 e. The number of anilines is 1. The van der Waals surface area contributed by atoms with Crippen LogP contribution in [0.1, 0.15) is 37.4 Å². The van der Waals surface area contributed by atoms with Crippen LogP contribution in [0.2, 0.25) is 0 Å². The standard InChI is InChI=1S/C15H21N5O5S/c16-12-9-14(19-13(18-12)7(22)3-1-2-4-26)20(6-17-9)15-11(24)10(23)8(5-21)25-15/h4,6-8,10-11,15,21-24H,1-3,5H2,(H2,16,18,19)/t7?,8-,10-,11-,15-/m1/s1. The molecule has 0 spiro atoms. The molecule has 2 aromatic heterocycles. The highest BCUT2D eigenvalue weighted by Crippen LogP contribution is 2.32. The zero-order valence-electron chi connectivity index (χ0n) is 13.8. The summed E-state index contributed by atoms with van der Waals surface area (Å²) in [7, 11) is 0. The van der Waals surface area contributed by atoms with Crippen molar-refractivity contribution in [1.82, 2.24) is 19.5 Å². The third kappa shape index (κ3) is 3.41. The second kappa shape index (κ2) is 7.86. The van der Waals surface area contributed by atoms with Gasteiger partial charge < -0.3 is 30.9 Å². The maximum Gasteiger partial charge on any atom is 0.168 e. The van der Waals surface area contributed by atoms with Crippen LogP contribution in [-0.4, -0.2) is 70.2 Å². The van der Waals surface area contributed by atoms with E-state index in [0.29, 0.717) is 19.3 Å². The molecule has 26 heavy (non-hydrogen) atoms. The van der Waals surface area contributed by atoms with E-state index in [1.807, 2.05) is 0 Å². The second-order valence-electron chi connectivity index (χ2n) is 6.13. The van der Waals surface area contributed by atoms with Crippen molar-refractivity contribution in [3.8, 4) is 0 Å². The summed E-state index contributed by atoms with van der Waals surface area (Å²) in [6.45, 7) is -0.442. The first-order chi connectivity index (χ1) is 12.5. The van der Waals surface area contributed by atoms with Crippen molar-refractivity contribution in [2.24, 2.45) is 0 Å². The van der Waals surface area contributed by atoms with E-state index in [1.54, 1.807) is 5.37 Å². The molecule has 10 nitrogen and oxygen atoms in total. The van der Waals surface area contributed by atoms with Gasteiger partial charge in [-0.2, -0.15) is 0 Å². The Morgan fingerprint density at radius 2 is 2.12 bits per heavy atom. The smallest absolute Gasteiger partial charge is 0.168 e. The predicted octanol–water partition coefficient (Wildman–Crippen LogP) is -0.777. The van der Waals surface area contributed by atoms with E-state index in [-0.39, 0.29) is 22.8 Å². The third-order valence-electron chi connectivity index (χ3n) is 4.35. The third-order valence-corrected chi connectivity index (χ3v) is 4.59. The summed E-state index contributed by atoms with van der Waals surface area (Å²) in [5.41, 5.74) is 6.47. The van der Waals surface area contributed by atoms with Crippen LogP contribution in [0.25, 0.3) is 11.2 Å². The van der Waals surface area contributed by atoms with Crippen molar-refractivity contribution >= 4 is 34.6 Å². The van der Waals surface area contributed by atoms with Gasteiger partial charge in [-0.25, -0.2) is 15.0 Å². The number of hydrogen-bond acceptors (Lipinski definition) is 10. The molecule has 0 radical (unpaired) electrons. The number of aliphatic hydroxyl groups is 4. The van der Waals surface area contributed by atoms with Crippen LogP contribution in [0, 0.1) is 0 Å². The normalized spacial score (nSPS) is 27.1. The van der Waals surface area contributed by atoms with Crippen molar-refractivity contribution in [2.75, 3.05) is 12.3 Å². The minimum Gasteiger partial charge on any atom is -0.394 e. The van der Waals surface area contributed by atoms with Gasteiger partial charge in [0.15, 0.2) is 23.5 Å². The van der Waals surface area contributed by atoms with Gasteiger partial charge in [0.05, 0.1) is 12.9 Å². The zero-order chi connectivity index (χ0) is 18.8. The van der Waals surface area contributed by atoms with Crippen molar-refractivity contribution in [3.05, 3.63) is 12.2 Å². The summed E-state index contributed by atoms with van der Waals surface area (Å²) < 4.78 is 6.91. The summed E-state index contributed by atoms with van der Waals surface area (Å²) >= 11 is 4.77. The number of imidazole rings is 1. The number of unbranched alkanes of at least 4 members (excludes halogenated alkanes) is 1. The fourth-order valence-electron chi connectivity index (χ4n) is 2.92. The highest BCUT2D eigenvalue weighted by atomic mass is 32.1. The second-order valence-corrected chi connectivity index (χ2v) is 6.47. The molecule has 1 unspecified atom stereocenters. The van der Waals surface area contributed by atoms with E-state index in [1.165, 1.54) is 10.9 Å². The average molecular weight is 383 g/mol. The van der Waals surface area contributed by atoms with Gasteiger partial charge in [0.2, 0.25) is 0 Å². The number of fused-ring (bicyclic) bond motifs is 1. The lowest BCUT2D eigenvalue weighted by molar-refractivity contribution is -0.0511. The highest BCUT2D eigenvalue weighted by Gasteiger charge is 2.44. The quantitative estimate of drug-likeness (QED) is 0.303. The van der Waals surface area contributed by atoms with Crippen molar-refractivity contribution in [1.29, 1.82) is 0 Å². The number of nitrogens with two attached hydrogens (primary N) is 1. The number of hydrogen-bond donors (Lipinski definition) is 5. The minimum atomic E-state index is -1.28. The Morgan fingerprint density at radius 3 is 2.77 bits per heavy atom. The van der Waals surface area contributed by atoms with Crippen LogP contribution in [0.3, 0.4) is 0 Å². The molecule has 0 saturated carbocycles. The van der Waals surface area contributed by atoms with E-state index in [9.17, 15) is 20.4 Å². The first-order valence-electron chi connectivity index (χ1n) is 8.22. The molecule has 1 saturated heterocycles. The maximum atomic E-state index is 10.3. The van der Waals surface area contributed by atoms with Gasteiger partial charge in [-0.1, -0.05) is 12.2 Å². The molecular formula is C15H21N5O5S. The number of nitrogen functional groups attached to an aromatic ring is 1. The van der Waals surface area contributed by atoms with Crippen LogP contribution in [0.5, 0.6) is 0 Å². The molecule has 0 aliphatic carbocycles. The van der Waals surface area contributed by atoms with Crippen molar-refractivity contribution in [3.63, 3.8) is 0 Å². The lowest BCUT2D eigenvalue weighted by Crippen LogP contribution is -2.33. The first-order valence-corrected chi connectivity index (χ1v) is 8.69. The number of aromatic nitrogens is 4. The molecule has 5 atom stereocenters. The fraction of sp³-hybridized carbons (Fsp3) is 0.600. The van der Waals surface area contributed by atoms with Crippen LogP contribution >= 0.6 is 12.2 Å². The molecule has 11 heteroatoms. The van der Waals surface area contributed by atoms with E-state index < -0.39 is 37.3 Å². The lowest BCUT2D eigenvalue weighted by atomic mass is 10.1. The Balaban J connectivity index is 1.94. The van der Waals surface area contributed by atoms with E-state index in [0.717, 1.165) is 0 Å². The van der Waals surface area contributed by atoms with Gasteiger partial charge >= 0.3 is 0 Å². The molecule has 142 valence electrons. The van der Waals surface area contributed by atoms with Gasteiger partial charge in [0.1, 0.15) is 29.9 Å². The number of thiocarbonyl (C=S) groups is 1. The van der Waals surface area contributed by atoms with E-state index >= 15 is 0 Å². The summed E-state index contributed by atoms with van der Waals surface area (Å²) in [4.78, 5) is 12.5. The van der Waals surface area contributed by atoms with Gasteiger partial charge in [-0.05, 0) is 24.6 Å². The summed E-state index contributed by atoms with van der Waals surface area (Å²) in [6, 6.07) is 0. The van der Waals surface area contributed by atoms with Crippen LogP contribution in [-0.2, 0) is 4.74 Å². The topological polar surface area (TPSA) is 160 Å². The summed E-state index contributed by atoms with van der Waals surface area (Å²) in [5.74, 6) is 0.220. The molecule has 0 amide bonds. The molecule has 0 aromatic carbocycles. The van der Waals surface area contributed by atoms with Gasteiger partial charge in [0.25, 0.3) is 0 Å². The Morgan fingerprint density at radius 1 is 1.35 bits per heavy atom. The average Bonchev–Trinajstić information content (AvgIpc) is 3.17. The minimum absolute atomic E-state index is 0.0874. The molecular weight excluding hydrogens is 362 g/mol. The number of rotatable bonds is 7. The van der Waals surface area contributed by atoms with Crippen LogP contribution in [0.4, 0.5) is 5.82 Å². The highest BCUT2D eigenvalue weighted by molar-refractivity contribution is 7.78. The van der Waals surface area contributed by atoms with Crippen LogP contribution in [0.15, 0.2) is 6.33 Å². The van der Waals surface area contributed by atoms with Gasteiger partial charge in [-0.3, -0.25) is 4.57 Å². The van der Waals surface area contributed by atoms with E-state index in [2.05, 4.69) is 15.0 Å².